The van der Waals surface area contributed by atoms with Crippen molar-refractivity contribution in [2.75, 3.05) is 13.1 Å². The molecule has 2 aliphatic rings. The zero-order chi connectivity index (χ0) is 10.8. The number of hydrogen-bond donors (Lipinski definition) is 1. The highest BCUT2D eigenvalue weighted by Gasteiger charge is 2.40. The Hall–Kier alpha value is -0.410. The molecule has 3 atom stereocenters. The summed E-state index contributed by atoms with van der Waals surface area (Å²) in [6, 6.07) is 0.464. The van der Waals surface area contributed by atoms with Crippen molar-refractivity contribution in [3.8, 4) is 0 Å². The smallest absolute Gasteiger partial charge is 0.133 e. The van der Waals surface area contributed by atoms with Gasteiger partial charge in [0.05, 0.1) is 6.10 Å². The molecule has 1 saturated heterocycles. The van der Waals surface area contributed by atoms with Gasteiger partial charge in [-0.1, -0.05) is 6.92 Å². The molecule has 86 valence electrons. The van der Waals surface area contributed by atoms with E-state index in [1.165, 1.54) is 0 Å². The van der Waals surface area contributed by atoms with Crippen LogP contribution in [-0.4, -0.2) is 41.0 Å². The number of fused-ring (bicyclic) bond motifs is 1. The first kappa shape index (κ1) is 11.1. The second-order valence-electron chi connectivity index (χ2n) is 4.90. The molecule has 0 aromatic rings. The van der Waals surface area contributed by atoms with E-state index >= 15 is 0 Å². The Morgan fingerprint density at radius 2 is 2.27 bits per heavy atom. The van der Waals surface area contributed by atoms with Crippen molar-refractivity contribution in [1.29, 1.82) is 0 Å². The van der Waals surface area contributed by atoms with Crippen LogP contribution in [0, 0.1) is 5.92 Å². The third kappa shape index (κ3) is 2.23. The molecular formula is C12H21NO2. The lowest BCUT2D eigenvalue weighted by Crippen LogP contribution is -2.53. The number of carbonyl (C=O) groups is 1. The van der Waals surface area contributed by atoms with Gasteiger partial charge in [0, 0.05) is 31.3 Å². The Morgan fingerprint density at radius 3 is 3.00 bits per heavy atom. The Bertz CT molecular complexity index is 242. The minimum absolute atomic E-state index is 0.214. The van der Waals surface area contributed by atoms with E-state index in [1.54, 1.807) is 0 Å². The molecule has 15 heavy (non-hydrogen) atoms. The van der Waals surface area contributed by atoms with Gasteiger partial charge in [-0.25, -0.2) is 0 Å². The van der Waals surface area contributed by atoms with Crippen molar-refractivity contribution in [1.82, 2.24) is 4.90 Å². The third-order valence-corrected chi connectivity index (χ3v) is 3.86. The second kappa shape index (κ2) is 4.62. The fourth-order valence-electron chi connectivity index (χ4n) is 3.11. The number of likely N-dealkylation sites (tertiary alicyclic amines) is 1. The molecule has 1 aliphatic carbocycles. The fourth-order valence-corrected chi connectivity index (χ4v) is 3.11. The van der Waals surface area contributed by atoms with Crippen molar-refractivity contribution in [3.63, 3.8) is 0 Å². The summed E-state index contributed by atoms with van der Waals surface area (Å²) in [7, 11) is 0. The van der Waals surface area contributed by atoms with Crippen molar-refractivity contribution in [3.05, 3.63) is 0 Å². The molecule has 0 bridgehead atoms. The van der Waals surface area contributed by atoms with Gasteiger partial charge < -0.3 is 5.11 Å². The maximum atomic E-state index is 11.4. The molecule has 0 spiro atoms. The van der Waals surface area contributed by atoms with E-state index in [1.807, 2.05) is 0 Å². The Morgan fingerprint density at radius 1 is 1.47 bits per heavy atom. The fraction of sp³-hybridized carbons (Fsp3) is 0.917. The van der Waals surface area contributed by atoms with Gasteiger partial charge in [-0.15, -0.1) is 0 Å². The molecule has 1 heterocycles. The standard InChI is InChI=1S/C12H21NO2/c1-2-6-13-7-5-12(15)10-8-9(14)3-4-11(10)13/h10-12,15H,2-8H2,1H3/t10-,11-,12+/m0/s1. The topological polar surface area (TPSA) is 40.5 Å². The molecule has 1 saturated carbocycles. The molecule has 2 rings (SSSR count). The van der Waals surface area contributed by atoms with Crippen LogP contribution in [-0.2, 0) is 4.79 Å². The van der Waals surface area contributed by atoms with Crippen molar-refractivity contribution in [2.24, 2.45) is 5.92 Å². The molecule has 0 amide bonds. The lowest BCUT2D eigenvalue weighted by molar-refractivity contribution is -0.128. The molecule has 0 aromatic carbocycles. The van der Waals surface area contributed by atoms with Gasteiger partial charge in [0.15, 0.2) is 0 Å². The Kier molecular flexibility index (Phi) is 3.42. The van der Waals surface area contributed by atoms with Crippen molar-refractivity contribution < 1.29 is 9.90 Å². The SMILES string of the molecule is CCCN1CC[C@@H](O)[C@H]2CC(=O)CC[C@@H]21. The third-order valence-electron chi connectivity index (χ3n) is 3.86. The van der Waals surface area contributed by atoms with Gasteiger partial charge in [-0.2, -0.15) is 0 Å². The van der Waals surface area contributed by atoms with Crippen LogP contribution in [0.4, 0.5) is 0 Å². The maximum absolute atomic E-state index is 11.4. The number of Topliss-reactive ketones (excluding diaryl/α,β-unsaturated/α-hetero) is 1. The van der Waals surface area contributed by atoms with E-state index in [-0.39, 0.29) is 12.0 Å². The summed E-state index contributed by atoms with van der Waals surface area (Å²) in [6.45, 7) is 4.31. The number of aliphatic hydroxyl groups excluding tert-OH is 1. The van der Waals surface area contributed by atoms with Crippen LogP contribution in [0.15, 0.2) is 0 Å². The molecule has 3 heteroatoms. The highest BCUT2D eigenvalue weighted by molar-refractivity contribution is 5.79. The maximum Gasteiger partial charge on any atom is 0.133 e. The number of piperidine rings is 1. The van der Waals surface area contributed by atoms with Crippen molar-refractivity contribution >= 4 is 5.78 Å². The van der Waals surface area contributed by atoms with Crippen LogP contribution in [0.3, 0.4) is 0 Å². The molecular weight excluding hydrogens is 190 g/mol. The molecule has 0 unspecified atom stereocenters. The monoisotopic (exact) mass is 211 g/mol. The van der Waals surface area contributed by atoms with E-state index in [2.05, 4.69) is 11.8 Å². The summed E-state index contributed by atoms with van der Waals surface area (Å²) < 4.78 is 0. The zero-order valence-electron chi connectivity index (χ0n) is 9.48. The summed E-state index contributed by atoms with van der Waals surface area (Å²) in [5.74, 6) is 0.556. The summed E-state index contributed by atoms with van der Waals surface area (Å²) in [4.78, 5) is 13.9. The predicted octanol–water partition coefficient (Wildman–Crippen LogP) is 1.20. The van der Waals surface area contributed by atoms with Crippen LogP contribution in [0.5, 0.6) is 0 Å². The molecule has 0 radical (unpaired) electrons. The first-order valence-electron chi connectivity index (χ1n) is 6.16. The minimum atomic E-state index is -0.243. The largest absolute Gasteiger partial charge is 0.393 e. The first-order valence-corrected chi connectivity index (χ1v) is 6.16. The Labute approximate surface area is 91.5 Å². The van der Waals surface area contributed by atoms with E-state index < -0.39 is 0 Å². The number of aliphatic hydroxyl groups is 1. The van der Waals surface area contributed by atoms with Gasteiger partial charge in [-0.05, 0) is 25.8 Å². The molecule has 1 aliphatic heterocycles. The van der Waals surface area contributed by atoms with Crippen LogP contribution in [0.25, 0.3) is 0 Å². The first-order chi connectivity index (χ1) is 7.22. The lowest BCUT2D eigenvalue weighted by atomic mass is 9.76. The molecule has 1 N–H and O–H groups in total. The summed E-state index contributed by atoms with van der Waals surface area (Å²) >= 11 is 0. The highest BCUT2D eigenvalue weighted by Crippen LogP contribution is 2.34. The predicted molar refractivity (Wildman–Crippen MR) is 58.6 cm³/mol. The number of rotatable bonds is 2. The van der Waals surface area contributed by atoms with Crippen LogP contribution >= 0.6 is 0 Å². The van der Waals surface area contributed by atoms with Crippen LogP contribution in [0.2, 0.25) is 0 Å². The number of nitrogens with zero attached hydrogens (tertiary/aromatic N) is 1. The quantitative estimate of drug-likeness (QED) is 0.746. The lowest BCUT2D eigenvalue weighted by Gasteiger charge is -2.46. The summed E-state index contributed by atoms with van der Waals surface area (Å²) in [5, 5.41) is 9.93. The van der Waals surface area contributed by atoms with Gasteiger partial charge in [-0.3, -0.25) is 9.69 Å². The average Bonchev–Trinajstić information content (AvgIpc) is 2.23. The van der Waals surface area contributed by atoms with E-state index in [4.69, 9.17) is 0 Å². The summed E-state index contributed by atoms with van der Waals surface area (Å²) in [5.41, 5.74) is 0. The number of carbonyl (C=O) groups excluding carboxylic acids is 1. The minimum Gasteiger partial charge on any atom is -0.393 e. The molecule has 0 aromatic heterocycles. The summed E-state index contributed by atoms with van der Waals surface area (Å²) in [6.07, 6.45) is 4.04. The average molecular weight is 211 g/mol. The van der Waals surface area contributed by atoms with E-state index in [0.717, 1.165) is 32.4 Å². The van der Waals surface area contributed by atoms with Gasteiger partial charge in [0.25, 0.3) is 0 Å². The van der Waals surface area contributed by atoms with Gasteiger partial charge in [0.1, 0.15) is 5.78 Å². The van der Waals surface area contributed by atoms with E-state index in [0.29, 0.717) is 24.7 Å². The van der Waals surface area contributed by atoms with Crippen LogP contribution < -0.4 is 0 Å². The zero-order valence-corrected chi connectivity index (χ0v) is 9.48. The Balaban J connectivity index is 2.05. The van der Waals surface area contributed by atoms with Crippen molar-refractivity contribution in [2.45, 2.75) is 51.2 Å². The van der Waals surface area contributed by atoms with Crippen LogP contribution in [0.1, 0.15) is 39.0 Å². The van der Waals surface area contributed by atoms with E-state index in [9.17, 15) is 9.90 Å². The highest BCUT2D eigenvalue weighted by atomic mass is 16.3. The number of hydrogen-bond acceptors (Lipinski definition) is 3. The second-order valence-corrected chi connectivity index (χ2v) is 4.90. The van der Waals surface area contributed by atoms with Gasteiger partial charge >= 0.3 is 0 Å². The van der Waals surface area contributed by atoms with Gasteiger partial charge in [0.2, 0.25) is 0 Å². The molecule has 2 fully saturated rings. The molecule has 3 nitrogen and oxygen atoms in total. The number of ketones is 1. The normalized spacial score (nSPS) is 37.7.